The van der Waals surface area contributed by atoms with Gasteiger partial charge >= 0.3 is 7.12 Å². The third-order valence-corrected chi connectivity index (χ3v) is 7.17. The van der Waals surface area contributed by atoms with Gasteiger partial charge in [-0.3, -0.25) is 0 Å². The summed E-state index contributed by atoms with van der Waals surface area (Å²) in [5, 5.41) is 0.0670. The molecule has 2 aliphatic heterocycles. The molecule has 0 aromatic carbocycles. The molecular weight excluding hydrogens is 341 g/mol. The van der Waals surface area contributed by atoms with Crippen molar-refractivity contribution in [3.63, 3.8) is 0 Å². The zero-order valence-electron chi connectivity index (χ0n) is 15.5. The van der Waals surface area contributed by atoms with Gasteiger partial charge in [0.15, 0.2) is 5.03 Å². The molecule has 0 saturated carbocycles. The Morgan fingerprint density at radius 1 is 1.04 bits per heavy atom. The van der Waals surface area contributed by atoms with Crippen LogP contribution in [0.1, 0.15) is 27.7 Å². The van der Waals surface area contributed by atoms with Crippen LogP contribution in [0.3, 0.4) is 0 Å². The number of hydrogen-bond acceptors (Lipinski definition) is 6. The largest absolute Gasteiger partial charge is 0.496 e. The molecule has 138 valence electrons. The molecule has 7 nitrogen and oxygen atoms in total. The average molecular weight is 367 g/mol. The van der Waals surface area contributed by atoms with Gasteiger partial charge in [0.25, 0.3) is 10.0 Å². The standard InChI is InChI=1S/C16H26BN3O4S/c1-15(2)16(3,4)24-17(23-15)13-6-7-14(18-12-13)25(21,22)20-10-8-19(5)9-11-20/h6-7,12H,8-11H2,1-5H3. The summed E-state index contributed by atoms with van der Waals surface area (Å²) >= 11 is 0. The maximum atomic E-state index is 12.7. The minimum absolute atomic E-state index is 0.0670. The Kier molecular flexibility index (Phi) is 4.74. The first kappa shape index (κ1) is 18.8. The molecule has 0 spiro atoms. The van der Waals surface area contributed by atoms with Gasteiger partial charge in [-0.2, -0.15) is 4.31 Å². The van der Waals surface area contributed by atoms with Crippen LogP contribution >= 0.6 is 0 Å². The molecule has 0 atom stereocenters. The average Bonchev–Trinajstić information content (AvgIpc) is 2.76. The number of nitrogens with zero attached hydrogens (tertiary/aromatic N) is 3. The Bertz CT molecular complexity index is 712. The van der Waals surface area contributed by atoms with E-state index in [4.69, 9.17) is 9.31 Å². The Morgan fingerprint density at radius 2 is 1.60 bits per heavy atom. The SMILES string of the molecule is CN1CCN(S(=O)(=O)c2ccc(B3OC(C)(C)C(C)(C)O3)cn2)CC1. The molecule has 1 aromatic heterocycles. The van der Waals surface area contributed by atoms with Crippen molar-refractivity contribution in [2.75, 3.05) is 33.2 Å². The number of hydrogen-bond donors (Lipinski definition) is 0. The van der Waals surface area contributed by atoms with Gasteiger partial charge in [0.2, 0.25) is 0 Å². The highest BCUT2D eigenvalue weighted by atomic mass is 32.2. The second kappa shape index (κ2) is 6.31. The van der Waals surface area contributed by atoms with Crippen molar-refractivity contribution in [3.05, 3.63) is 18.3 Å². The second-order valence-corrected chi connectivity index (χ2v) is 9.61. The van der Waals surface area contributed by atoms with Crippen molar-refractivity contribution in [1.29, 1.82) is 0 Å². The summed E-state index contributed by atoms with van der Waals surface area (Å²) in [7, 11) is -2.11. The summed E-state index contributed by atoms with van der Waals surface area (Å²) in [5.74, 6) is 0. The molecule has 1 aromatic rings. The molecule has 9 heteroatoms. The Labute approximate surface area is 150 Å². The summed E-state index contributed by atoms with van der Waals surface area (Å²) in [5.41, 5.74) is -0.166. The van der Waals surface area contributed by atoms with Crippen LogP contribution in [0, 0.1) is 0 Å². The highest BCUT2D eigenvalue weighted by molar-refractivity contribution is 7.89. The van der Waals surface area contributed by atoms with Crippen LogP contribution in [0.2, 0.25) is 0 Å². The van der Waals surface area contributed by atoms with Crippen molar-refractivity contribution in [2.45, 2.75) is 43.9 Å². The molecule has 0 amide bonds. The van der Waals surface area contributed by atoms with E-state index in [-0.39, 0.29) is 5.03 Å². The van der Waals surface area contributed by atoms with Crippen molar-refractivity contribution in [1.82, 2.24) is 14.2 Å². The van der Waals surface area contributed by atoms with E-state index in [1.54, 1.807) is 6.07 Å². The molecule has 0 bridgehead atoms. The van der Waals surface area contributed by atoms with Crippen LogP contribution in [0.25, 0.3) is 0 Å². The normalized spacial score (nSPS) is 24.6. The zero-order chi connectivity index (χ0) is 18.5. The van der Waals surface area contributed by atoms with E-state index in [9.17, 15) is 8.42 Å². The lowest BCUT2D eigenvalue weighted by Gasteiger charge is -2.32. The van der Waals surface area contributed by atoms with Gasteiger partial charge in [0.05, 0.1) is 11.2 Å². The fraction of sp³-hybridized carbons (Fsp3) is 0.688. The Morgan fingerprint density at radius 3 is 2.08 bits per heavy atom. The topological polar surface area (TPSA) is 72.0 Å². The smallest absolute Gasteiger partial charge is 0.399 e. The van der Waals surface area contributed by atoms with Crippen LogP contribution in [-0.4, -0.2) is 74.2 Å². The van der Waals surface area contributed by atoms with Crippen LogP contribution in [0.4, 0.5) is 0 Å². The molecule has 0 N–H and O–H groups in total. The van der Waals surface area contributed by atoms with Crippen LogP contribution in [-0.2, 0) is 19.3 Å². The maximum absolute atomic E-state index is 12.7. The van der Waals surface area contributed by atoms with E-state index < -0.39 is 28.3 Å². The maximum Gasteiger partial charge on any atom is 0.496 e. The molecule has 0 aliphatic carbocycles. The number of likely N-dealkylation sites (N-methyl/N-ethyl adjacent to an activating group) is 1. The lowest BCUT2D eigenvalue weighted by molar-refractivity contribution is 0.00578. The highest BCUT2D eigenvalue weighted by Gasteiger charge is 2.51. The summed E-state index contributed by atoms with van der Waals surface area (Å²) in [6, 6.07) is 3.26. The van der Waals surface area contributed by atoms with E-state index in [0.29, 0.717) is 13.1 Å². The predicted molar refractivity (Wildman–Crippen MR) is 96.2 cm³/mol. The van der Waals surface area contributed by atoms with Crippen LogP contribution < -0.4 is 5.46 Å². The lowest BCUT2D eigenvalue weighted by atomic mass is 9.80. The first-order chi connectivity index (χ1) is 11.5. The second-order valence-electron chi connectivity index (χ2n) is 7.73. The molecule has 2 saturated heterocycles. The van der Waals surface area contributed by atoms with E-state index in [1.807, 2.05) is 34.7 Å². The molecule has 3 rings (SSSR count). The molecule has 2 aliphatic rings. The highest BCUT2D eigenvalue weighted by Crippen LogP contribution is 2.36. The number of pyridine rings is 1. The Balaban J connectivity index is 1.77. The number of rotatable bonds is 3. The van der Waals surface area contributed by atoms with Gasteiger partial charge in [-0.1, -0.05) is 6.07 Å². The van der Waals surface area contributed by atoms with Gasteiger partial charge in [-0.15, -0.1) is 0 Å². The van der Waals surface area contributed by atoms with Gasteiger partial charge in [0, 0.05) is 37.8 Å². The number of aromatic nitrogens is 1. The zero-order valence-corrected chi connectivity index (χ0v) is 16.3. The third-order valence-electron chi connectivity index (χ3n) is 5.35. The molecule has 0 unspecified atom stereocenters. The van der Waals surface area contributed by atoms with Gasteiger partial charge in [0.1, 0.15) is 0 Å². The van der Waals surface area contributed by atoms with E-state index in [2.05, 4.69) is 9.88 Å². The Hall–Kier alpha value is -0.995. The van der Waals surface area contributed by atoms with Gasteiger partial charge in [-0.05, 0) is 40.8 Å². The summed E-state index contributed by atoms with van der Waals surface area (Å²) in [6.07, 6.45) is 1.53. The van der Waals surface area contributed by atoms with Crippen molar-refractivity contribution < 1.29 is 17.7 Å². The van der Waals surface area contributed by atoms with Crippen LogP contribution in [0.5, 0.6) is 0 Å². The lowest BCUT2D eigenvalue weighted by Crippen LogP contribution is -2.47. The number of piperazine rings is 1. The first-order valence-electron chi connectivity index (χ1n) is 8.53. The predicted octanol–water partition coefficient (Wildman–Crippen LogP) is 0.317. The minimum Gasteiger partial charge on any atom is -0.399 e. The van der Waals surface area contributed by atoms with E-state index >= 15 is 0 Å². The molecular formula is C16H26BN3O4S. The fourth-order valence-electron chi connectivity index (χ4n) is 2.82. The van der Waals surface area contributed by atoms with Crippen LogP contribution in [0.15, 0.2) is 23.4 Å². The monoisotopic (exact) mass is 367 g/mol. The fourth-order valence-corrected chi connectivity index (χ4v) is 4.16. The first-order valence-corrected chi connectivity index (χ1v) is 9.97. The molecule has 3 heterocycles. The molecule has 0 radical (unpaired) electrons. The molecule has 2 fully saturated rings. The van der Waals surface area contributed by atoms with E-state index in [1.165, 1.54) is 16.6 Å². The van der Waals surface area contributed by atoms with Gasteiger partial charge < -0.3 is 14.2 Å². The quantitative estimate of drug-likeness (QED) is 0.717. The van der Waals surface area contributed by atoms with Crippen molar-refractivity contribution in [3.8, 4) is 0 Å². The summed E-state index contributed by atoms with van der Waals surface area (Å²) in [6.45, 7) is 10.3. The number of sulfonamides is 1. The summed E-state index contributed by atoms with van der Waals surface area (Å²) in [4.78, 5) is 6.29. The van der Waals surface area contributed by atoms with Crippen molar-refractivity contribution in [2.24, 2.45) is 0 Å². The minimum atomic E-state index is -3.56. The third kappa shape index (κ3) is 3.48. The molecule has 25 heavy (non-hydrogen) atoms. The van der Waals surface area contributed by atoms with E-state index in [0.717, 1.165) is 18.6 Å². The van der Waals surface area contributed by atoms with Gasteiger partial charge in [-0.25, -0.2) is 13.4 Å². The summed E-state index contributed by atoms with van der Waals surface area (Å²) < 4.78 is 38.9. The van der Waals surface area contributed by atoms with Crippen molar-refractivity contribution >= 4 is 22.6 Å².